The van der Waals surface area contributed by atoms with E-state index in [-0.39, 0.29) is 22.9 Å². The van der Waals surface area contributed by atoms with Crippen LogP contribution in [0, 0.1) is 11.6 Å². The van der Waals surface area contributed by atoms with E-state index in [1.165, 1.54) is 24.3 Å². The van der Waals surface area contributed by atoms with Crippen LogP contribution in [0.4, 0.5) is 8.78 Å². The first-order chi connectivity index (χ1) is 12.1. The first kappa shape index (κ1) is 17.9. The van der Waals surface area contributed by atoms with Gasteiger partial charge in [0.25, 0.3) is 0 Å². The fraction of sp³-hybridized carbons (Fsp3) is 0.316. The van der Waals surface area contributed by atoms with E-state index >= 15 is 0 Å². The third-order valence-corrected chi connectivity index (χ3v) is 5.25. The molecule has 0 radical (unpaired) electrons. The molecule has 1 unspecified atom stereocenters. The molecule has 1 aliphatic heterocycles. The van der Waals surface area contributed by atoms with Gasteiger partial charge in [-0.15, -0.1) is 11.8 Å². The third-order valence-electron chi connectivity index (χ3n) is 4.08. The summed E-state index contributed by atoms with van der Waals surface area (Å²) in [5.41, 5.74) is 1.73. The molecule has 1 aliphatic rings. The molecule has 0 aromatic heterocycles. The summed E-state index contributed by atoms with van der Waals surface area (Å²) in [6.07, 6.45) is 0.410. The van der Waals surface area contributed by atoms with Gasteiger partial charge in [0.05, 0.1) is 11.8 Å². The van der Waals surface area contributed by atoms with Crippen LogP contribution in [0.3, 0.4) is 0 Å². The lowest BCUT2D eigenvalue weighted by molar-refractivity contribution is -0.132. The maximum atomic E-state index is 13.1. The van der Waals surface area contributed by atoms with Crippen molar-refractivity contribution in [2.24, 2.45) is 0 Å². The molecule has 1 amide bonds. The van der Waals surface area contributed by atoms with E-state index in [1.54, 1.807) is 40.9 Å². The molecule has 132 valence electrons. The topological polar surface area (TPSA) is 32.3 Å². The summed E-state index contributed by atoms with van der Waals surface area (Å²) in [6, 6.07) is 12.3. The predicted octanol–water partition coefficient (Wildman–Crippen LogP) is 3.55. The highest BCUT2D eigenvalue weighted by molar-refractivity contribution is 8.00. The van der Waals surface area contributed by atoms with Gasteiger partial charge in [-0.3, -0.25) is 4.79 Å². The summed E-state index contributed by atoms with van der Waals surface area (Å²) in [5, 5.41) is 3.44. The molecule has 3 nitrogen and oxygen atoms in total. The van der Waals surface area contributed by atoms with Crippen molar-refractivity contribution in [1.82, 2.24) is 10.2 Å². The highest BCUT2D eigenvalue weighted by atomic mass is 32.2. The van der Waals surface area contributed by atoms with Crippen molar-refractivity contribution in [3.8, 4) is 0 Å². The quantitative estimate of drug-likeness (QED) is 0.853. The van der Waals surface area contributed by atoms with Crippen molar-refractivity contribution in [1.29, 1.82) is 0 Å². The molecule has 1 heterocycles. The minimum absolute atomic E-state index is 0.0283. The van der Waals surface area contributed by atoms with E-state index in [2.05, 4.69) is 5.32 Å². The van der Waals surface area contributed by atoms with Gasteiger partial charge >= 0.3 is 0 Å². The van der Waals surface area contributed by atoms with Crippen molar-refractivity contribution in [3.63, 3.8) is 0 Å². The Morgan fingerprint density at radius 3 is 1.96 bits per heavy atom. The van der Waals surface area contributed by atoms with E-state index in [0.29, 0.717) is 19.5 Å². The molecule has 1 fully saturated rings. The Morgan fingerprint density at radius 1 is 1.00 bits per heavy atom. The maximum Gasteiger partial charge on any atom is 0.225 e. The van der Waals surface area contributed by atoms with Crippen molar-refractivity contribution in [2.45, 2.75) is 24.9 Å². The molecule has 2 aromatic rings. The van der Waals surface area contributed by atoms with Crippen LogP contribution in [0.2, 0.25) is 0 Å². The second-order valence-corrected chi connectivity index (χ2v) is 7.33. The maximum absolute atomic E-state index is 13.1. The van der Waals surface area contributed by atoms with Crippen LogP contribution < -0.4 is 5.32 Å². The number of hydrogen-bond acceptors (Lipinski definition) is 3. The molecule has 25 heavy (non-hydrogen) atoms. The number of amides is 1. The van der Waals surface area contributed by atoms with Gasteiger partial charge in [0.15, 0.2) is 0 Å². The van der Waals surface area contributed by atoms with Crippen LogP contribution >= 0.6 is 11.8 Å². The Bertz CT molecular complexity index is 653. The lowest BCUT2D eigenvalue weighted by Crippen LogP contribution is -2.34. The molecule has 0 aliphatic carbocycles. The number of carbonyl (C=O) groups excluding carboxylic acids is 1. The van der Waals surface area contributed by atoms with Crippen molar-refractivity contribution < 1.29 is 13.6 Å². The highest BCUT2D eigenvalue weighted by Crippen LogP contribution is 2.20. The molecule has 2 aromatic carbocycles. The largest absolute Gasteiger partial charge is 0.334 e. The van der Waals surface area contributed by atoms with E-state index in [9.17, 15) is 13.6 Å². The van der Waals surface area contributed by atoms with Crippen LogP contribution in [-0.2, 0) is 17.9 Å². The Hall–Kier alpha value is -1.92. The summed E-state index contributed by atoms with van der Waals surface area (Å²) in [7, 11) is 0. The SMILES string of the molecule is O=C(CC1NCCS1)N(Cc1ccc(F)cc1)Cc1ccc(F)cc1. The van der Waals surface area contributed by atoms with Gasteiger partial charge < -0.3 is 10.2 Å². The van der Waals surface area contributed by atoms with Crippen LogP contribution in [0.5, 0.6) is 0 Å². The second-order valence-electron chi connectivity index (χ2n) is 6.02. The van der Waals surface area contributed by atoms with Gasteiger partial charge in [-0.05, 0) is 35.4 Å². The number of thioether (sulfide) groups is 1. The predicted molar refractivity (Wildman–Crippen MR) is 95.9 cm³/mol. The standard InChI is InChI=1S/C19H20F2N2OS/c20-16-5-1-14(2-6-16)12-23(13-15-3-7-17(21)8-4-15)19(24)11-18-22-9-10-25-18/h1-8,18,22H,9-13H2. The Kier molecular flexibility index (Phi) is 6.04. The van der Waals surface area contributed by atoms with Crippen molar-refractivity contribution >= 4 is 17.7 Å². The number of hydrogen-bond donors (Lipinski definition) is 1. The van der Waals surface area contributed by atoms with Crippen LogP contribution in [0.1, 0.15) is 17.5 Å². The van der Waals surface area contributed by atoms with Gasteiger partial charge in [0.1, 0.15) is 11.6 Å². The zero-order valence-corrected chi connectivity index (χ0v) is 14.6. The zero-order valence-electron chi connectivity index (χ0n) is 13.8. The van der Waals surface area contributed by atoms with Gasteiger partial charge in [-0.1, -0.05) is 24.3 Å². The van der Waals surface area contributed by atoms with Gasteiger partial charge in [-0.2, -0.15) is 0 Å². The molecule has 1 saturated heterocycles. The summed E-state index contributed by atoms with van der Waals surface area (Å²) < 4.78 is 26.2. The van der Waals surface area contributed by atoms with Gasteiger partial charge in [0, 0.05) is 25.4 Å². The lowest BCUT2D eigenvalue weighted by Gasteiger charge is -2.24. The van der Waals surface area contributed by atoms with Crippen LogP contribution in [-0.4, -0.2) is 28.5 Å². The average Bonchev–Trinajstić information content (AvgIpc) is 3.11. The van der Waals surface area contributed by atoms with Gasteiger partial charge in [0.2, 0.25) is 5.91 Å². The molecule has 0 bridgehead atoms. The Morgan fingerprint density at radius 2 is 1.52 bits per heavy atom. The molecule has 6 heteroatoms. The Labute approximate surface area is 150 Å². The zero-order chi connectivity index (χ0) is 17.6. The molecule has 1 atom stereocenters. The Balaban J connectivity index is 1.72. The van der Waals surface area contributed by atoms with Crippen molar-refractivity contribution in [2.75, 3.05) is 12.3 Å². The first-order valence-electron chi connectivity index (χ1n) is 8.22. The first-order valence-corrected chi connectivity index (χ1v) is 9.27. The minimum Gasteiger partial charge on any atom is -0.334 e. The fourth-order valence-corrected chi connectivity index (χ4v) is 3.77. The van der Waals surface area contributed by atoms with Crippen LogP contribution in [0.15, 0.2) is 48.5 Å². The second kappa shape index (κ2) is 8.45. The number of nitrogens with one attached hydrogen (secondary N) is 1. The molecule has 1 N–H and O–H groups in total. The monoisotopic (exact) mass is 362 g/mol. The van der Waals surface area contributed by atoms with Crippen molar-refractivity contribution in [3.05, 3.63) is 71.3 Å². The molecule has 0 saturated carbocycles. The number of rotatable bonds is 6. The summed E-state index contributed by atoms with van der Waals surface area (Å²) >= 11 is 1.75. The normalized spacial score (nSPS) is 16.8. The van der Waals surface area contributed by atoms with Crippen LogP contribution in [0.25, 0.3) is 0 Å². The fourth-order valence-electron chi connectivity index (χ4n) is 2.75. The van der Waals surface area contributed by atoms with E-state index in [4.69, 9.17) is 0 Å². The smallest absolute Gasteiger partial charge is 0.225 e. The number of halogens is 2. The average molecular weight is 362 g/mol. The van der Waals surface area contributed by atoms with E-state index in [1.807, 2.05) is 0 Å². The number of nitrogens with zero attached hydrogens (tertiary/aromatic N) is 1. The summed E-state index contributed by atoms with van der Waals surface area (Å²) in [6.45, 7) is 1.71. The highest BCUT2D eigenvalue weighted by Gasteiger charge is 2.22. The molecular formula is C19H20F2N2OS. The molecular weight excluding hydrogens is 342 g/mol. The summed E-state index contributed by atoms with van der Waals surface area (Å²) in [5.74, 6) is 0.437. The third kappa shape index (κ3) is 5.28. The van der Waals surface area contributed by atoms with Gasteiger partial charge in [-0.25, -0.2) is 8.78 Å². The summed E-state index contributed by atoms with van der Waals surface area (Å²) in [4.78, 5) is 14.5. The number of carbonyl (C=O) groups is 1. The molecule has 3 rings (SSSR count). The lowest BCUT2D eigenvalue weighted by atomic mass is 10.1. The van der Waals surface area contributed by atoms with E-state index in [0.717, 1.165) is 23.4 Å². The number of benzene rings is 2. The molecule has 0 spiro atoms. The minimum atomic E-state index is -0.299. The van der Waals surface area contributed by atoms with E-state index < -0.39 is 0 Å².